The largest absolute Gasteiger partial charge is 0.453 e. The Balaban J connectivity index is 1.21. The lowest BCUT2D eigenvalue weighted by molar-refractivity contribution is 0.0813. The van der Waals surface area contributed by atoms with E-state index in [0.717, 1.165) is 49.6 Å². The lowest BCUT2D eigenvalue weighted by atomic mass is 9.96. The molecule has 2 aromatic rings. The highest BCUT2D eigenvalue weighted by Crippen LogP contribution is 2.36. The van der Waals surface area contributed by atoms with E-state index in [-0.39, 0.29) is 46.7 Å². The Morgan fingerprint density at radius 3 is 2.45 bits per heavy atom. The van der Waals surface area contributed by atoms with Crippen LogP contribution in [-0.2, 0) is 14.6 Å². The van der Waals surface area contributed by atoms with E-state index in [4.69, 9.17) is 4.74 Å². The van der Waals surface area contributed by atoms with Gasteiger partial charge >= 0.3 is 6.09 Å². The van der Waals surface area contributed by atoms with Crippen molar-refractivity contribution < 1.29 is 22.7 Å². The van der Waals surface area contributed by atoms with Gasteiger partial charge < -0.3 is 19.5 Å². The number of nitrogens with one attached hydrogen (secondary N) is 1. The summed E-state index contributed by atoms with van der Waals surface area (Å²) in [5.74, 6) is -0.208. The predicted octanol–water partition coefficient (Wildman–Crippen LogP) is 2.95. The van der Waals surface area contributed by atoms with E-state index >= 15 is 0 Å². The first-order valence-electron chi connectivity index (χ1n) is 14.3. The molecule has 3 unspecified atom stereocenters. The highest BCUT2D eigenvalue weighted by Gasteiger charge is 2.41. The smallest absolute Gasteiger partial charge is 0.409 e. The van der Waals surface area contributed by atoms with E-state index in [0.29, 0.717) is 25.0 Å². The maximum atomic E-state index is 13.3. The second-order valence-electron chi connectivity index (χ2n) is 11.7. The van der Waals surface area contributed by atoms with E-state index in [1.807, 2.05) is 38.1 Å². The van der Waals surface area contributed by atoms with Gasteiger partial charge in [0.2, 0.25) is 0 Å². The lowest BCUT2D eigenvalue weighted by Crippen LogP contribution is -2.51. The van der Waals surface area contributed by atoms with Crippen molar-refractivity contribution in [2.75, 3.05) is 31.7 Å². The van der Waals surface area contributed by atoms with Crippen molar-refractivity contribution in [2.45, 2.75) is 82.6 Å². The van der Waals surface area contributed by atoms with E-state index in [2.05, 4.69) is 10.2 Å². The molecule has 5 rings (SSSR count). The average molecular weight is 573 g/mol. The van der Waals surface area contributed by atoms with Crippen LogP contribution in [0, 0.1) is 0 Å². The number of nitrogens with zero attached hydrogens (tertiary/aromatic N) is 3. The molecule has 3 aliphatic heterocycles. The first-order valence-corrected chi connectivity index (χ1v) is 16.2. The molecule has 3 aliphatic rings. The van der Waals surface area contributed by atoms with Gasteiger partial charge in [0, 0.05) is 43.3 Å². The number of aromatic nitrogens is 1. The summed E-state index contributed by atoms with van der Waals surface area (Å²) in [5.41, 5.74) is 0.738. The lowest BCUT2D eigenvalue weighted by Gasteiger charge is -2.39. The zero-order valence-electron chi connectivity index (χ0n) is 23.5. The minimum Gasteiger partial charge on any atom is -0.453 e. The highest BCUT2D eigenvalue weighted by molar-refractivity contribution is 7.91. The Bertz CT molecular complexity index is 1420. The number of hydrogen-bond acceptors (Lipinski definition) is 7. The van der Waals surface area contributed by atoms with Gasteiger partial charge in [-0.1, -0.05) is 18.2 Å². The third-order valence-electron chi connectivity index (χ3n) is 8.80. The highest BCUT2D eigenvalue weighted by atomic mass is 32.2. The number of carbonyl (C=O) groups excluding carboxylic acids is 2. The molecule has 10 nitrogen and oxygen atoms in total. The third-order valence-corrected chi connectivity index (χ3v) is 10.5. The number of carbonyl (C=O) groups is 2. The van der Waals surface area contributed by atoms with Gasteiger partial charge in [-0.05, 0) is 69.9 Å². The standard InChI is InChI=1S/C29H40N4O6S/c1-19(2)33-26-8-5-4-7-20(26)15-25(28(33)35)27(34)30-21-16-22-9-10-23(17-21)31(22)12-6-13-32(29(36)39-3)24-11-14-40(37,38)18-24/h4-5,7-8,15,19,21-24H,6,9-14,16-18H2,1-3H3,(H,30,34). The van der Waals surface area contributed by atoms with E-state index in [9.17, 15) is 22.8 Å². The number of para-hydroxylation sites is 1. The van der Waals surface area contributed by atoms with Crippen molar-refractivity contribution in [2.24, 2.45) is 0 Å². The molecule has 1 aromatic heterocycles. The number of amides is 2. The summed E-state index contributed by atoms with van der Waals surface area (Å²) < 4.78 is 30.5. The second kappa shape index (κ2) is 11.5. The normalized spacial score (nSPS) is 25.8. The van der Waals surface area contributed by atoms with E-state index < -0.39 is 15.9 Å². The molecular weight excluding hydrogens is 532 g/mol. The number of benzene rings is 1. The fraction of sp³-hybridized carbons (Fsp3) is 0.621. The van der Waals surface area contributed by atoms with Gasteiger partial charge in [0.05, 0.1) is 24.1 Å². The third kappa shape index (κ3) is 5.76. The van der Waals surface area contributed by atoms with Crippen molar-refractivity contribution in [1.29, 1.82) is 0 Å². The molecule has 1 N–H and O–H groups in total. The maximum Gasteiger partial charge on any atom is 0.409 e. The summed E-state index contributed by atoms with van der Waals surface area (Å²) in [6, 6.07) is 9.60. The summed E-state index contributed by atoms with van der Waals surface area (Å²) in [6.07, 6.45) is 4.43. The van der Waals surface area contributed by atoms with Crippen LogP contribution >= 0.6 is 0 Å². The number of piperidine rings is 1. The molecule has 2 amide bonds. The summed E-state index contributed by atoms with van der Waals surface area (Å²) >= 11 is 0. The molecule has 0 saturated carbocycles. The molecule has 3 saturated heterocycles. The SMILES string of the molecule is COC(=O)N(CCCN1C2CCC1CC(NC(=O)c1cc3ccccc3n(C(C)C)c1=O)C2)C1CCS(=O)(=O)C1. The van der Waals surface area contributed by atoms with Crippen LogP contribution in [0.1, 0.15) is 68.8 Å². The predicted molar refractivity (Wildman–Crippen MR) is 153 cm³/mol. The minimum atomic E-state index is -3.11. The first kappa shape index (κ1) is 28.6. The molecule has 2 bridgehead atoms. The van der Waals surface area contributed by atoms with Gasteiger partial charge in [-0.3, -0.25) is 14.5 Å². The topological polar surface area (TPSA) is 118 Å². The molecule has 11 heteroatoms. The number of ether oxygens (including phenoxy) is 1. The number of hydrogen-bond donors (Lipinski definition) is 1. The van der Waals surface area contributed by atoms with Crippen LogP contribution in [-0.4, -0.2) is 90.7 Å². The quantitative estimate of drug-likeness (QED) is 0.517. The van der Waals surface area contributed by atoms with Crippen LogP contribution in [0.15, 0.2) is 35.1 Å². The van der Waals surface area contributed by atoms with Crippen LogP contribution in [0.3, 0.4) is 0 Å². The molecule has 1 aromatic carbocycles. The Labute approximate surface area is 235 Å². The fourth-order valence-electron chi connectivity index (χ4n) is 6.97. The Kier molecular flexibility index (Phi) is 8.24. The molecule has 0 radical (unpaired) electrons. The molecule has 0 spiro atoms. The summed E-state index contributed by atoms with van der Waals surface area (Å²) in [7, 11) is -1.78. The van der Waals surface area contributed by atoms with Crippen LogP contribution in [0.4, 0.5) is 4.79 Å². The van der Waals surface area contributed by atoms with Crippen molar-refractivity contribution in [3.8, 4) is 0 Å². The summed E-state index contributed by atoms with van der Waals surface area (Å²) in [4.78, 5) is 43.1. The molecule has 218 valence electrons. The molecular formula is C29H40N4O6S. The van der Waals surface area contributed by atoms with Gasteiger partial charge in [0.1, 0.15) is 5.56 Å². The fourth-order valence-corrected chi connectivity index (χ4v) is 8.70. The number of fused-ring (bicyclic) bond motifs is 3. The van der Waals surface area contributed by atoms with Crippen molar-refractivity contribution in [3.05, 3.63) is 46.2 Å². The van der Waals surface area contributed by atoms with Gasteiger partial charge in [0.25, 0.3) is 11.5 Å². The van der Waals surface area contributed by atoms with Gasteiger partial charge in [-0.25, -0.2) is 13.2 Å². The summed E-state index contributed by atoms with van der Waals surface area (Å²) in [6.45, 7) is 5.14. The molecule has 0 aliphatic carbocycles. The van der Waals surface area contributed by atoms with E-state index in [1.165, 1.54) is 7.11 Å². The Morgan fingerprint density at radius 1 is 1.12 bits per heavy atom. The van der Waals surface area contributed by atoms with Gasteiger partial charge in [0.15, 0.2) is 9.84 Å². The number of sulfone groups is 1. The van der Waals surface area contributed by atoms with Crippen LogP contribution in [0.25, 0.3) is 10.9 Å². The minimum absolute atomic E-state index is 0.00209. The van der Waals surface area contributed by atoms with Crippen LogP contribution < -0.4 is 10.9 Å². The van der Waals surface area contributed by atoms with Crippen LogP contribution in [0.5, 0.6) is 0 Å². The van der Waals surface area contributed by atoms with Crippen LogP contribution in [0.2, 0.25) is 0 Å². The number of rotatable bonds is 8. The Hall–Kier alpha value is -2.92. The van der Waals surface area contributed by atoms with Crippen molar-refractivity contribution >= 4 is 32.7 Å². The zero-order valence-corrected chi connectivity index (χ0v) is 24.4. The van der Waals surface area contributed by atoms with Crippen molar-refractivity contribution in [3.63, 3.8) is 0 Å². The van der Waals surface area contributed by atoms with Crippen molar-refractivity contribution in [1.82, 2.24) is 19.7 Å². The van der Waals surface area contributed by atoms with E-state index in [1.54, 1.807) is 15.5 Å². The second-order valence-corrected chi connectivity index (χ2v) is 14.0. The first-order chi connectivity index (χ1) is 19.1. The maximum absolute atomic E-state index is 13.3. The molecule has 40 heavy (non-hydrogen) atoms. The van der Waals surface area contributed by atoms with Gasteiger partial charge in [-0.2, -0.15) is 0 Å². The molecule has 3 fully saturated rings. The average Bonchev–Trinajstić information content (AvgIpc) is 3.39. The Morgan fingerprint density at radius 2 is 1.82 bits per heavy atom. The summed E-state index contributed by atoms with van der Waals surface area (Å²) in [5, 5.41) is 4.03. The molecule has 3 atom stereocenters. The number of methoxy groups -OCH3 is 1. The number of pyridine rings is 1. The van der Waals surface area contributed by atoms with Gasteiger partial charge in [-0.15, -0.1) is 0 Å². The zero-order chi connectivity index (χ0) is 28.6. The molecule has 4 heterocycles. The monoisotopic (exact) mass is 572 g/mol.